The van der Waals surface area contributed by atoms with Crippen molar-refractivity contribution in [2.45, 2.75) is 18.9 Å². The van der Waals surface area contributed by atoms with Crippen molar-refractivity contribution in [3.63, 3.8) is 0 Å². The van der Waals surface area contributed by atoms with Gasteiger partial charge in [0.15, 0.2) is 0 Å². The summed E-state index contributed by atoms with van der Waals surface area (Å²) in [5.41, 5.74) is 4.28. The first-order chi connectivity index (χ1) is 16.1. The third-order valence-corrected chi connectivity index (χ3v) is 6.25. The molecule has 4 heteroatoms. The molecule has 1 unspecified atom stereocenters. The molecular weight excluding hydrogens is 430 g/mol. The highest BCUT2D eigenvalue weighted by Gasteiger charge is 2.33. The smallest absolute Gasteiger partial charge is 0.228 e. The normalized spacial score (nSPS) is 15.4. The van der Waals surface area contributed by atoms with Crippen LogP contribution in [0, 0.1) is 0 Å². The molecule has 5 rings (SSSR count). The number of ether oxygens (including phenoxy) is 1. The van der Waals surface area contributed by atoms with E-state index in [-0.39, 0.29) is 11.8 Å². The Morgan fingerprint density at radius 1 is 0.939 bits per heavy atom. The Labute approximate surface area is 198 Å². The molecule has 0 saturated heterocycles. The summed E-state index contributed by atoms with van der Waals surface area (Å²) in [5.74, 6) is 0.818. The fourth-order valence-electron chi connectivity index (χ4n) is 4.57. The second-order valence-electron chi connectivity index (χ2n) is 8.32. The van der Waals surface area contributed by atoms with E-state index in [0.717, 1.165) is 38.9 Å². The standard InChI is InChI=1S/C29H24ClNO2/c1-20(30)18-31-27-16-13-22-9-5-6-10-25(22)29(27)26(17-28(31)32)23-11-14-24(15-12-23)33-19-21-7-3-2-4-8-21/h2-16,26H,1,17-19H2. The second-order valence-corrected chi connectivity index (χ2v) is 8.85. The van der Waals surface area contributed by atoms with Crippen LogP contribution >= 0.6 is 11.6 Å². The number of halogens is 1. The van der Waals surface area contributed by atoms with E-state index < -0.39 is 0 Å². The Kier molecular flexibility index (Phi) is 5.89. The summed E-state index contributed by atoms with van der Waals surface area (Å²) < 4.78 is 5.96. The molecule has 1 amide bonds. The summed E-state index contributed by atoms with van der Waals surface area (Å²) in [6.07, 6.45) is 0.384. The van der Waals surface area contributed by atoms with Gasteiger partial charge in [0, 0.05) is 23.1 Å². The van der Waals surface area contributed by atoms with Gasteiger partial charge < -0.3 is 9.64 Å². The highest BCUT2D eigenvalue weighted by Crippen LogP contribution is 2.44. The lowest BCUT2D eigenvalue weighted by atomic mass is 9.81. The summed E-state index contributed by atoms with van der Waals surface area (Å²) >= 11 is 6.10. The number of nitrogens with zero attached hydrogens (tertiary/aromatic N) is 1. The van der Waals surface area contributed by atoms with Gasteiger partial charge in [-0.05, 0) is 45.7 Å². The average molecular weight is 454 g/mol. The number of benzene rings is 4. The van der Waals surface area contributed by atoms with Gasteiger partial charge in [-0.25, -0.2) is 0 Å². The summed E-state index contributed by atoms with van der Waals surface area (Å²) in [6, 6.07) is 30.6. The molecule has 33 heavy (non-hydrogen) atoms. The maximum absolute atomic E-state index is 13.1. The van der Waals surface area contributed by atoms with E-state index in [1.165, 1.54) is 0 Å². The van der Waals surface area contributed by atoms with E-state index in [4.69, 9.17) is 16.3 Å². The molecule has 0 saturated carbocycles. The lowest BCUT2D eigenvalue weighted by molar-refractivity contribution is -0.119. The minimum absolute atomic E-state index is 0.0402. The molecule has 1 aliphatic heterocycles. The molecule has 1 aliphatic rings. The quantitative estimate of drug-likeness (QED) is 0.313. The Hall–Kier alpha value is -3.56. The minimum Gasteiger partial charge on any atom is -0.489 e. The van der Waals surface area contributed by atoms with Crippen molar-refractivity contribution in [2.24, 2.45) is 0 Å². The summed E-state index contributed by atoms with van der Waals surface area (Å²) in [4.78, 5) is 14.9. The Balaban J connectivity index is 1.50. The van der Waals surface area contributed by atoms with E-state index in [1.54, 1.807) is 4.90 Å². The van der Waals surface area contributed by atoms with Crippen LogP contribution < -0.4 is 9.64 Å². The average Bonchev–Trinajstić information content (AvgIpc) is 2.84. The topological polar surface area (TPSA) is 29.5 Å². The largest absolute Gasteiger partial charge is 0.489 e. The van der Waals surface area contributed by atoms with E-state index in [1.807, 2.05) is 60.7 Å². The number of fused-ring (bicyclic) bond motifs is 3. The molecule has 0 fully saturated rings. The van der Waals surface area contributed by atoms with Gasteiger partial charge >= 0.3 is 0 Å². The van der Waals surface area contributed by atoms with Gasteiger partial charge in [-0.1, -0.05) is 91.0 Å². The summed E-state index contributed by atoms with van der Waals surface area (Å²) in [7, 11) is 0. The van der Waals surface area contributed by atoms with Crippen molar-refractivity contribution in [1.29, 1.82) is 0 Å². The van der Waals surface area contributed by atoms with Crippen LogP contribution in [0.2, 0.25) is 0 Å². The second kappa shape index (κ2) is 9.13. The van der Waals surface area contributed by atoms with Crippen LogP contribution in [0.15, 0.2) is 103 Å². The molecule has 0 N–H and O–H groups in total. The number of hydrogen-bond donors (Lipinski definition) is 0. The van der Waals surface area contributed by atoms with Crippen LogP contribution in [0.5, 0.6) is 5.75 Å². The van der Waals surface area contributed by atoms with Gasteiger partial charge in [-0.3, -0.25) is 4.79 Å². The van der Waals surface area contributed by atoms with Crippen molar-refractivity contribution in [3.05, 3.63) is 119 Å². The van der Waals surface area contributed by atoms with E-state index in [0.29, 0.717) is 24.6 Å². The molecule has 0 radical (unpaired) electrons. The molecule has 3 nitrogen and oxygen atoms in total. The third-order valence-electron chi connectivity index (χ3n) is 6.13. The number of rotatable bonds is 6. The molecule has 1 atom stereocenters. The lowest BCUT2D eigenvalue weighted by Gasteiger charge is -2.35. The Morgan fingerprint density at radius 3 is 2.42 bits per heavy atom. The Morgan fingerprint density at radius 2 is 1.67 bits per heavy atom. The van der Waals surface area contributed by atoms with Gasteiger partial charge in [0.2, 0.25) is 5.91 Å². The molecule has 164 valence electrons. The van der Waals surface area contributed by atoms with Gasteiger partial charge in [-0.2, -0.15) is 0 Å². The molecule has 1 heterocycles. The van der Waals surface area contributed by atoms with Crippen LogP contribution in [0.4, 0.5) is 5.69 Å². The molecule has 0 bridgehead atoms. The summed E-state index contributed by atoms with van der Waals surface area (Å²) in [5, 5.41) is 2.76. The maximum atomic E-state index is 13.1. The predicted octanol–water partition coefficient (Wildman–Crippen LogP) is 7.04. The zero-order valence-electron chi connectivity index (χ0n) is 18.2. The zero-order chi connectivity index (χ0) is 22.8. The monoisotopic (exact) mass is 453 g/mol. The SMILES string of the molecule is C=C(Cl)CN1C(=O)CC(c2ccc(OCc3ccccc3)cc2)c2c1ccc1ccccc21. The molecule has 0 aromatic heterocycles. The van der Waals surface area contributed by atoms with Gasteiger partial charge in [0.25, 0.3) is 0 Å². The van der Waals surface area contributed by atoms with E-state index in [9.17, 15) is 4.79 Å². The lowest BCUT2D eigenvalue weighted by Crippen LogP contribution is -2.37. The van der Waals surface area contributed by atoms with Crippen molar-refractivity contribution in [1.82, 2.24) is 0 Å². The maximum Gasteiger partial charge on any atom is 0.228 e. The molecule has 0 spiro atoms. The number of carbonyl (C=O) groups excluding carboxylic acids is 1. The van der Waals surface area contributed by atoms with Crippen LogP contribution in [-0.4, -0.2) is 12.5 Å². The third kappa shape index (κ3) is 4.37. The van der Waals surface area contributed by atoms with Crippen LogP contribution in [-0.2, 0) is 11.4 Å². The number of carbonyl (C=O) groups is 1. The first kappa shape index (κ1) is 21.3. The molecule has 0 aliphatic carbocycles. The van der Waals surface area contributed by atoms with Crippen molar-refractivity contribution >= 4 is 34.0 Å². The van der Waals surface area contributed by atoms with Crippen LogP contribution in [0.25, 0.3) is 10.8 Å². The van der Waals surface area contributed by atoms with Gasteiger partial charge in [0.05, 0.1) is 6.54 Å². The zero-order valence-corrected chi connectivity index (χ0v) is 19.0. The summed E-state index contributed by atoms with van der Waals surface area (Å²) in [6.45, 7) is 4.63. The number of anilines is 1. The van der Waals surface area contributed by atoms with Crippen molar-refractivity contribution < 1.29 is 9.53 Å². The Bertz CT molecular complexity index is 1310. The predicted molar refractivity (Wildman–Crippen MR) is 135 cm³/mol. The van der Waals surface area contributed by atoms with Crippen molar-refractivity contribution in [3.8, 4) is 5.75 Å². The van der Waals surface area contributed by atoms with Gasteiger partial charge in [-0.15, -0.1) is 0 Å². The fraction of sp³-hybridized carbons (Fsp3) is 0.138. The molecular formula is C29H24ClNO2. The fourth-order valence-corrected chi connectivity index (χ4v) is 4.69. The highest BCUT2D eigenvalue weighted by atomic mass is 35.5. The molecule has 4 aromatic rings. The first-order valence-electron chi connectivity index (χ1n) is 11.0. The number of hydrogen-bond acceptors (Lipinski definition) is 2. The minimum atomic E-state index is -0.0402. The van der Waals surface area contributed by atoms with Crippen LogP contribution in [0.3, 0.4) is 0 Å². The number of amides is 1. The first-order valence-corrected chi connectivity index (χ1v) is 11.4. The highest BCUT2D eigenvalue weighted by molar-refractivity contribution is 6.30. The van der Waals surface area contributed by atoms with Gasteiger partial charge in [0.1, 0.15) is 12.4 Å². The van der Waals surface area contributed by atoms with Crippen molar-refractivity contribution in [2.75, 3.05) is 11.4 Å². The molecule has 4 aromatic carbocycles. The van der Waals surface area contributed by atoms with E-state index >= 15 is 0 Å². The van der Waals surface area contributed by atoms with Crippen LogP contribution in [0.1, 0.15) is 29.0 Å². The van der Waals surface area contributed by atoms with E-state index in [2.05, 4.69) is 36.9 Å².